The molecule has 162 valence electrons. The van der Waals surface area contributed by atoms with E-state index >= 15 is 0 Å². The lowest BCUT2D eigenvalue weighted by Crippen LogP contribution is -2.18. The van der Waals surface area contributed by atoms with Gasteiger partial charge in [-0.25, -0.2) is 4.39 Å². The Bertz CT molecular complexity index is 1210. The zero-order valence-corrected chi connectivity index (χ0v) is 18.0. The van der Waals surface area contributed by atoms with Crippen molar-refractivity contribution >= 4 is 28.7 Å². The molecule has 0 unspecified atom stereocenters. The molecule has 2 N–H and O–H groups in total. The number of methoxy groups -OCH3 is 1. The molecule has 4 rings (SSSR count). The molecule has 0 atom stereocenters. The lowest BCUT2D eigenvalue weighted by atomic mass is 9.99. The predicted octanol–water partition coefficient (Wildman–Crippen LogP) is 5.28. The van der Waals surface area contributed by atoms with Gasteiger partial charge < -0.3 is 20.1 Å². The van der Waals surface area contributed by atoms with E-state index in [9.17, 15) is 9.65 Å². The number of nitriles is 1. The molecule has 1 aliphatic rings. The number of benzene rings is 2. The Labute approximate surface area is 190 Å². The molecule has 0 amide bonds. The summed E-state index contributed by atoms with van der Waals surface area (Å²) >= 11 is 5.86. The van der Waals surface area contributed by atoms with Crippen LogP contribution in [0.5, 0.6) is 11.5 Å². The van der Waals surface area contributed by atoms with Crippen LogP contribution in [0.4, 0.5) is 15.8 Å². The number of nitrogens with zero attached hydrogens (tertiary/aromatic N) is 2. The van der Waals surface area contributed by atoms with Crippen LogP contribution in [-0.4, -0.2) is 25.2 Å². The van der Waals surface area contributed by atoms with Crippen LogP contribution in [0.2, 0.25) is 5.02 Å². The lowest BCUT2D eigenvalue weighted by molar-refractivity contribution is 0.298. The van der Waals surface area contributed by atoms with Gasteiger partial charge in [0.2, 0.25) is 0 Å². The number of hydrogen-bond acceptors (Lipinski definition) is 6. The van der Waals surface area contributed by atoms with Crippen molar-refractivity contribution in [1.29, 1.82) is 5.26 Å². The van der Waals surface area contributed by atoms with Gasteiger partial charge in [0.15, 0.2) is 11.5 Å². The van der Waals surface area contributed by atoms with Gasteiger partial charge in [-0.1, -0.05) is 11.6 Å². The summed E-state index contributed by atoms with van der Waals surface area (Å²) in [6.45, 7) is 0.753. The molecule has 8 heteroatoms. The van der Waals surface area contributed by atoms with Gasteiger partial charge in [-0.05, 0) is 42.0 Å². The number of pyridine rings is 1. The molecular weight excluding hydrogens is 431 g/mol. The van der Waals surface area contributed by atoms with Gasteiger partial charge in [-0.15, -0.1) is 0 Å². The van der Waals surface area contributed by atoms with Crippen LogP contribution in [0.3, 0.4) is 0 Å². The van der Waals surface area contributed by atoms with E-state index in [1.54, 1.807) is 31.6 Å². The van der Waals surface area contributed by atoms with Crippen molar-refractivity contribution < 1.29 is 13.9 Å². The van der Waals surface area contributed by atoms with E-state index in [0.717, 1.165) is 17.7 Å². The van der Waals surface area contributed by atoms with E-state index in [4.69, 9.17) is 21.1 Å². The molecule has 32 heavy (non-hydrogen) atoms. The van der Waals surface area contributed by atoms with Crippen LogP contribution in [0.25, 0.3) is 5.70 Å². The van der Waals surface area contributed by atoms with Gasteiger partial charge in [0, 0.05) is 41.2 Å². The molecule has 1 aromatic heterocycles. The summed E-state index contributed by atoms with van der Waals surface area (Å²) in [5, 5.41) is 16.2. The molecule has 2 aromatic carbocycles. The third kappa shape index (κ3) is 4.61. The van der Waals surface area contributed by atoms with Crippen molar-refractivity contribution in [1.82, 2.24) is 4.98 Å². The fourth-order valence-electron chi connectivity index (χ4n) is 3.41. The molecule has 0 aliphatic carbocycles. The Kier molecular flexibility index (Phi) is 6.43. The van der Waals surface area contributed by atoms with Gasteiger partial charge in [0.1, 0.15) is 5.82 Å². The van der Waals surface area contributed by atoms with Gasteiger partial charge in [0.05, 0.1) is 43.3 Å². The van der Waals surface area contributed by atoms with Gasteiger partial charge >= 0.3 is 0 Å². The minimum Gasteiger partial charge on any atom is -0.493 e. The molecule has 0 fully saturated rings. The largest absolute Gasteiger partial charge is 0.493 e. The van der Waals surface area contributed by atoms with Gasteiger partial charge in [0.25, 0.3) is 0 Å². The van der Waals surface area contributed by atoms with E-state index in [0.29, 0.717) is 46.5 Å². The molecule has 0 spiro atoms. The van der Waals surface area contributed by atoms with Crippen molar-refractivity contribution in [3.05, 3.63) is 82.4 Å². The highest BCUT2D eigenvalue weighted by molar-refractivity contribution is 6.30. The average Bonchev–Trinajstić information content (AvgIpc) is 2.81. The standard InChI is InChI=1S/C24H20ClFN4O2/c1-31-22-11-18-21(12-23(22)32-9-6-15-4-7-28-8-5-15)29-14-16(13-27)24(18)30-20-3-2-17(25)10-19(20)26/h2-5,7-8,10-12,29-30H,6,9,14H2,1H3. The molecule has 3 aromatic rings. The van der Waals surface area contributed by atoms with Crippen LogP contribution in [-0.2, 0) is 6.42 Å². The highest BCUT2D eigenvalue weighted by Gasteiger charge is 2.23. The van der Waals surface area contributed by atoms with Crippen LogP contribution in [0.1, 0.15) is 11.1 Å². The highest BCUT2D eigenvalue weighted by Crippen LogP contribution is 2.40. The number of rotatable bonds is 7. The third-order valence-electron chi connectivity index (χ3n) is 5.05. The Hall–Kier alpha value is -3.76. The first-order valence-corrected chi connectivity index (χ1v) is 10.3. The molecule has 0 saturated carbocycles. The van der Waals surface area contributed by atoms with E-state index in [2.05, 4.69) is 21.7 Å². The second kappa shape index (κ2) is 9.58. The van der Waals surface area contributed by atoms with Crippen LogP contribution in [0.15, 0.2) is 60.4 Å². The number of anilines is 2. The maximum atomic E-state index is 14.4. The van der Waals surface area contributed by atoms with Crippen LogP contribution < -0.4 is 20.1 Å². The smallest absolute Gasteiger partial charge is 0.163 e. The number of nitrogens with one attached hydrogen (secondary N) is 2. The minimum atomic E-state index is -0.509. The molecule has 0 radical (unpaired) electrons. The van der Waals surface area contributed by atoms with E-state index in [1.807, 2.05) is 18.2 Å². The molecule has 2 heterocycles. The maximum absolute atomic E-state index is 14.4. The maximum Gasteiger partial charge on any atom is 0.163 e. The minimum absolute atomic E-state index is 0.224. The second-order valence-corrected chi connectivity index (χ2v) is 7.51. The van der Waals surface area contributed by atoms with Gasteiger partial charge in [-0.2, -0.15) is 5.26 Å². The first kappa shape index (κ1) is 21.5. The molecular formula is C24H20ClFN4O2. The lowest BCUT2D eigenvalue weighted by Gasteiger charge is -2.25. The topological polar surface area (TPSA) is 79.2 Å². The summed E-state index contributed by atoms with van der Waals surface area (Å²) in [7, 11) is 1.55. The van der Waals surface area contributed by atoms with Crippen molar-refractivity contribution in [2.24, 2.45) is 0 Å². The molecule has 1 aliphatic heterocycles. The Morgan fingerprint density at radius 2 is 2.00 bits per heavy atom. The zero-order chi connectivity index (χ0) is 22.5. The quantitative estimate of drug-likeness (QED) is 0.510. The predicted molar refractivity (Wildman–Crippen MR) is 122 cm³/mol. The summed E-state index contributed by atoms with van der Waals surface area (Å²) in [4.78, 5) is 4.01. The van der Waals surface area contributed by atoms with Crippen LogP contribution in [0, 0.1) is 17.1 Å². The number of hydrogen-bond donors (Lipinski definition) is 2. The first-order chi connectivity index (χ1) is 15.6. The summed E-state index contributed by atoms with van der Waals surface area (Å²) in [5.74, 6) is 0.575. The van der Waals surface area contributed by atoms with Crippen molar-refractivity contribution in [3.8, 4) is 17.6 Å². The summed E-state index contributed by atoms with van der Waals surface area (Å²) in [5.41, 5.74) is 3.72. The fraction of sp³-hybridized carbons (Fsp3) is 0.167. The van der Waals surface area contributed by atoms with Crippen molar-refractivity contribution in [2.45, 2.75) is 6.42 Å². The van der Waals surface area contributed by atoms with E-state index in [1.165, 1.54) is 12.1 Å². The molecule has 0 bridgehead atoms. The SMILES string of the molecule is COc1cc2c(cc1OCCc1ccncc1)NCC(C#N)=C2Nc1ccc(Cl)cc1F. The highest BCUT2D eigenvalue weighted by atomic mass is 35.5. The van der Waals surface area contributed by atoms with Crippen LogP contribution >= 0.6 is 11.6 Å². The molecule has 0 saturated heterocycles. The number of halogens is 2. The third-order valence-corrected chi connectivity index (χ3v) is 5.29. The monoisotopic (exact) mass is 450 g/mol. The van der Waals surface area contributed by atoms with Crippen molar-refractivity contribution in [3.63, 3.8) is 0 Å². The Morgan fingerprint density at radius 3 is 2.72 bits per heavy atom. The molecule has 6 nitrogen and oxygen atoms in total. The van der Waals surface area contributed by atoms with Crippen molar-refractivity contribution in [2.75, 3.05) is 30.9 Å². The Morgan fingerprint density at radius 1 is 1.19 bits per heavy atom. The average molecular weight is 451 g/mol. The Balaban J connectivity index is 1.62. The normalized spacial score (nSPS) is 12.4. The van der Waals surface area contributed by atoms with E-state index in [-0.39, 0.29) is 5.69 Å². The van der Waals surface area contributed by atoms with E-state index < -0.39 is 5.82 Å². The summed E-state index contributed by atoms with van der Waals surface area (Å²) < 4.78 is 25.9. The number of ether oxygens (including phenoxy) is 2. The number of fused-ring (bicyclic) bond motifs is 1. The number of aromatic nitrogens is 1. The zero-order valence-electron chi connectivity index (χ0n) is 17.3. The summed E-state index contributed by atoms with van der Waals surface area (Å²) in [6, 6.07) is 14.0. The second-order valence-electron chi connectivity index (χ2n) is 7.07. The summed E-state index contributed by atoms with van der Waals surface area (Å²) in [6.07, 6.45) is 4.21. The first-order valence-electron chi connectivity index (χ1n) is 9.92. The fourth-order valence-corrected chi connectivity index (χ4v) is 3.57. The van der Waals surface area contributed by atoms with Gasteiger partial charge in [-0.3, -0.25) is 4.98 Å².